The average molecular weight is 291 g/mol. The number of carbonyl (C=O) groups is 1. The van der Waals surface area contributed by atoms with Crippen molar-refractivity contribution >= 4 is 23.2 Å². The van der Waals surface area contributed by atoms with Crippen molar-refractivity contribution in [3.05, 3.63) is 48.0 Å². The van der Waals surface area contributed by atoms with Crippen molar-refractivity contribution in [2.75, 3.05) is 17.2 Å². The lowest BCUT2D eigenvalue weighted by molar-refractivity contribution is -0.592. The van der Waals surface area contributed by atoms with Crippen LogP contribution in [-0.2, 0) is 11.3 Å². The van der Waals surface area contributed by atoms with Gasteiger partial charge >= 0.3 is 0 Å². The molecule has 0 atom stereocenters. The van der Waals surface area contributed by atoms with Gasteiger partial charge in [-0.2, -0.15) is 4.98 Å². The van der Waals surface area contributed by atoms with Crippen LogP contribution in [0.5, 0.6) is 0 Å². The number of rotatable bonds is 3. The highest BCUT2D eigenvalue weighted by atomic mass is 35.5. The van der Waals surface area contributed by atoms with Gasteiger partial charge in [0.25, 0.3) is 0 Å². The lowest BCUT2D eigenvalue weighted by atomic mass is 10.2. The van der Waals surface area contributed by atoms with E-state index in [1.54, 1.807) is 0 Å². The zero-order valence-corrected chi connectivity index (χ0v) is 11.5. The molecular weight excluding hydrogens is 276 g/mol. The van der Waals surface area contributed by atoms with E-state index >= 15 is 0 Å². The number of benzene rings is 1. The second kappa shape index (κ2) is 6.36. The smallest absolute Gasteiger partial charge is 0.243 e. The van der Waals surface area contributed by atoms with E-state index in [-0.39, 0.29) is 24.9 Å². The molecule has 4 N–H and O–H groups in total. The highest BCUT2D eigenvalue weighted by Crippen LogP contribution is 2.22. The number of nitrogens with zero attached hydrogens (tertiary/aromatic N) is 1. The maximum absolute atomic E-state index is 11.2. The van der Waals surface area contributed by atoms with Gasteiger partial charge in [0.2, 0.25) is 11.7 Å². The third kappa shape index (κ3) is 3.26. The van der Waals surface area contributed by atoms with Gasteiger partial charge in [-0.3, -0.25) is 10.1 Å². The minimum Gasteiger partial charge on any atom is -1.00 e. The Hall–Kier alpha value is -2.11. The van der Waals surface area contributed by atoms with Crippen molar-refractivity contribution in [3.8, 4) is 0 Å². The van der Waals surface area contributed by atoms with Gasteiger partial charge in [-0.15, -0.1) is 0 Å². The number of pyridine rings is 1. The summed E-state index contributed by atoms with van der Waals surface area (Å²) >= 11 is 0. The van der Waals surface area contributed by atoms with E-state index in [9.17, 15) is 4.79 Å². The predicted octanol–water partition coefficient (Wildman–Crippen LogP) is -2.16. The maximum atomic E-state index is 11.2. The molecular formula is C14H15ClN4O. The number of hydrogen-bond donors (Lipinski definition) is 3. The van der Waals surface area contributed by atoms with Crippen molar-refractivity contribution in [3.63, 3.8) is 0 Å². The first-order valence-corrected chi connectivity index (χ1v) is 6.23. The van der Waals surface area contributed by atoms with Crippen LogP contribution in [0.15, 0.2) is 42.5 Å². The van der Waals surface area contributed by atoms with Crippen LogP contribution in [0.25, 0.3) is 0 Å². The number of anilines is 2. The summed E-state index contributed by atoms with van der Waals surface area (Å²) in [7, 11) is 0. The second-order valence-corrected chi connectivity index (χ2v) is 4.43. The Morgan fingerprint density at radius 1 is 1.15 bits per heavy atom. The summed E-state index contributed by atoms with van der Waals surface area (Å²) in [5.41, 5.74) is 2.00. The van der Waals surface area contributed by atoms with Gasteiger partial charge in [-0.25, -0.2) is 0 Å². The molecule has 6 heteroatoms. The number of nitrogens with two attached hydrogens (primary N) is 1. The fourth-order valence-corrected chi connectivity index (χ4v) is 2.02. The van der Waals surface area contributed by atoms with E-state index < -0.39 is 0 Å². The molecule has 0 bridgehead atoms. The Bertz CT molecular complexity index is 603. The van der Waals surface area contributed by atoms with Crippen LogP contribution < -0.4 is 28.4 Å². The second-order valence-electron chi connectivity index (χ2n) is 4.43. The minimum absolute atomic E-state index is 0. The van der Waals surface area contributed by atoms with Crippen LogP contribution in [0.2, 0.25) is 0 Å². The van der Waals surface area contributed by atoms with Crippen molar-refractivity contribution in [1.29, 1.82) is 0 Å². The van der Waals surface area contributed by atoms with Crippen LogP contribution in [0.3, 0.4) is 0 Å². The molecule has 5 nitrogen and oxygen atoms in total. The number of nitrogens with one attached hydrogen (secondary N) is 2. The zero-order chi connectivity index (χ0) is 13.1. The van der Waals surface area contributed by atoms with Crippen LogP contribution in [0.4, 0.5) is 17.3 Å². The average Bonchev–Trinajstić information content (AvgIpc) is 2.46. The topological polar surface area (TPSA) is 70.6 Å². The normalized spacial score (nSPS) is 12.7. The monoisotopic (exact) mass is 290 g/mol. The number of amides is 1. The fraction of sp³-hybridized carbons (Fsp3) is 0.143. The van der Waals surface area contributed by atoms with E-state index in [2.05, 4.69) is 33.1 Å². The van der Waals surface area contributed by atoms with Crippen molar-refractivity contribution < 1.29 is 22.5 Å². The van der Waals surface area contributed by atoms with Gasteiger partial charge in [-0.1, -0.05) is 30.3 Å². The molecule has 104 valence electrons. The van der Waals surface area contributed by atoms with Crippen LogP contribution >= 0.6 is 0 Å². The SMILES string of the molecule is O=C1CNc2nc([NH2+]Cc3ccccc3)ccc2N1.[Cl-]. The van der Waals surface area contributed by atoms with Gasteiger partial charge in [0, 0.05) is 11.6 Å². The largest absolute Gasteiger partial charge is 1.00 e. The van der Waals surface area contributed by atoms with Crippen LogP contribution in [0, 0.1) is 0 Å². The van der Waals surface area contributed by atoms with Crippen molar-refractivity contribution in [2.24, 2.45) is 0 Å². The lowest BCUT2D eigenvalue weighted by Gasteiger charge is -2.17. The predicted molar refractivity (Wildman–Crippen MR) is 73.1 cm³/mol. The molecule has 0 unspecified atom stereocenters. The number of carbonyl (C=O) groups excluding carboxylic acids is 1. The zero-order valence-electron chi connectivity index (χ0n) is 10.8. The molecule has 20 heavy (non-hydrogen) atoms. The number of hydrogen-bond acceptors (Lipinski definition) is 3. The molecule has 0 saturated carbocycles. The first kappa shape index (κ1) is 14.3. The summed E-state index contributed by atoms with van der Waals surface area (Å²) in [6, 6.07) is 14.0. The van der Waals surface area contributed by atoms with Gasteiger partial charge < -0.3 is 23.0 Å². The summed E-state index contributed by atoms with van der Waals surface area (Å²) in [5.74, 6) is 1.61. The summed E-state index contributed by atoms with van der Waals surface area (Å²) in [6.45, 7) is 1.13. The minimum atomic E-state index is -0.0321. The Morgan fingerprint density at radius 2 is 1.95 bits per heavy atom. The molecule has 0 radical (unpaired) electrons. The Balaban J connectivity index is 0.00000147. The molecule has 1 aliphatic heterocycles. The molecule has 2 heterocycles. The molecule has 0 aliphatic carbocycles. The van der Waals surface area contributed by atoms with E-state index in [1.165, 1.54) is 5.56 Å². The standard InChI is InChI=1S/C14H14N4O.ClH/c19-13-9-16-14-11(17-13)6-7-12(18-14)15-8-10-4-2-1-3-5-10;/h1-7H,8-9H2,(H,17,19)(H2,15,16,18);1H. The van der Waals surface area contributed by atoms with Crippen molar-refractivity contribution in [1.82, 2.24) is 4.98 Å². The highest BCUT2D eigenvalue weighted by molar-refractivity contribution is 5.99. The summed E-state index contributed by atoms with van der Waals surface area (Å²) in [6.07, 6.45) is 0. The molecule has 0 fully saturated rings. The van der Waals surface area contributed by atoms with Crippen LogP contribution in [-0.4, -0.2) is 17.4 Å². The summed E-state index contributed by atoms with van der Waals surface area (Å²) < 4.78 is 0. The number of halogens is 1. The fourth-order valence-electron chi connectivity index (χ4n) is 2.02. The third-order valence-corrected chi connectivity index (χ3v) is 3.00. The highest BCUT2D eigenvalue weighted by Gasteiger charge is 2.16. The number of fused-ring (bicyclic) bond motifs is 1. The van der Waals surface area contributed by atoms with Gasteiger partial charge in [0.15, 0.2) is 5.82 Å². The molecule has 0 saturated heterocycles. The van der Waals surface area contributed by atoms with Crippen LogP contribution in [0.1, 0.15) is 5.56 Å². The molecule has 1 amide bonds. The maximum Gasteiger partial charge on any atom is 0.243 e. The summed E-state index contributed by atoms with van der Waals surface area (Å²) in [4.78, 5) is 15.7. The lowest BCUT2D eigenvalue weighted by Crippen LogP contribution is -3.00. The molecule has 3 rings (SSSR count). The van der Waals surface area contributed by atoms with Crippen molar-refractivity contribution in [2.45, 2.75) is 6.54 Å². The Labute approximate surface area is 123 Å². The Morgan fingerprint density at radius 3 is 2.75 bits per heavy atom. The van der Waals surface area contributed by atoms with E-state index in [1.807, 2.05) is 30.3 Å². The number of quaternary nitrogens is 1. The quantitative estimate of drug-likeness (QED) is 0.603. The molecule has 1 aliphatic rings. The molecule has 1 aromatic carbocycles. The van der Waals surface area contributed by atoms with E-state index in [4.69, 9.17) is 0 Å². The third-order valence-electron chi connectivity index (χ3n) is 3.00. The van der Waals surface area contributed by atoms with E-state index in [0.29, 0.717) is 0 Å². The molecule has 0 spiro atoms. The number of aromatic nitrogens is 1. The summed E-state index contributed by atoms with van der Waals surface area (Å²) in [5, 5.41) is 7.87. The van der Waals surface area contributed by atoms with E-state index in [0.717, 1.165) is 23.9 Å². The molecule has 2 aromatic rings. The molecule has 1 aromatic heterocycles. The van der Waals surface area contributed by atoms with Gasteiger partial charge in [-0.05, 0) is 6.07 Å². The van der Waals surface area contributed by atoms with Gasteiger partial charge in [0.05, 0.1) is 12.2 Å². The Kier molecular flexibility index (Phi) is 4.55. The van der Waals surface area contributed by atoms with Gasteiger partial charge in [0.1, 0.15) is 6.54 Å². The first-order valence-electron chi connectivity index (χ1n) is 6.23. The first-order chi connectivity index (χ1) is 9.31.